The van der Waals surface area contributed by atoms with Crippen LogP contribution in [0, 0.1) is 12.7 Å². The summed E-state index contributed by atoms with van der Waals surface area (Å²) in [5.74, 6) is -2.10. The number of amides is 2. The fraction of sp³-hybridized carbons (Fsp3) is 0.0667. The van der Waals surface area contributed by atoms with Crippen LogP contribution in [0.3, 0.4) is 0 Å². The summed E-state index contributed by atoms with van der Waals surface area (Å²) in [4.78, 5) is 23.6. The normalized spacial score (nSPS) is 10.0. The summed E-state index contributed by atoms with van der Waals surface area (Å²) < 4.78 is 12.7. The summed E-state index contributed by atoms with van der Waals surface area (Å²) in [6.45, 7) is 1.73. The fourth-order valence-corrected chi connectivity index (χ4v) is 1.82. The third-order valence-electron chi connectivity index (χ3n) is 2.82. The van der Waals surface area contributed by atoms with Crippen LogP contribution in [0.15, 0.2) is 42.5 Å². The Hall–Kier alpha value is -2.40. The van der Waals surface area contributed by atoms with Crippen molar-refractivity contribution in [2.75, 3.05) is 10.6 Å². The maximum absolute atomic E-state index is 12.7. The molecular weight excluding hydrogens is 295 g/mol. The van der Waals surface area contributed by atoms with E-state index in [0.29, 0.717) is 22.0 Å². The third-order valence-corrected chi connectivity index (χ3v) is 3.23. The molecule has 0 saturated heterocycles. The zero-order valence-corrected chi connectivity index (χ0v) is 11.9. The van der Waals surface area contributed by atoms with Gasteiger partial charge < -0.3 is 10.6 Å². The molecule has 0 spiro atoms. The van der Waals surface area contributed by atoms with E-state index in [4.69, 9.17) is 11.6 Å². The van der Waals surface area contributed by atoms with Gasteiger partial charge in [-0.05, 0) is 48.9 Å². The number of anilines is 2. The maximum Gasteiger partial charge on any atom is 0.314 e. The van der Waals surface area contributed by atoms with Crippen molar-refractivity contribution in [2.45, 2.75) is 6.92 Å². The van der Waals surface area contributed by atoms with Crippen LogP contribution in [0.1, 0.15) is 5.56 Å². The SMILES string of the molecule is Cc1c(Cl)cccc1NC(=O)C(=O)Nc1ccc(F)cc1. The number of hydrogen-bond donors (Lipinski definition) is 2. The Morgan fingerprint density at radius 3 is 2.29 bits per heavy atom. The summed E-state index contributed by atoms with van der Waals surface area (Å²) in [6, 6.07) is 10.1. The molecule has 0 bridgehead atoms. The molecule has 21 heavy (non-hydrogen) atoms. The molecule has 0 aliphatic carbocycles. The van der Waals surface area contributed by atoms with E-state index in [0.717, 1.165) is 0 Å². The predicted octanol–water partition coefficient (Wildman–Crippen LogP) is 3.36. The van der Waals surface area contributed by atoms with E-state index in [-0.39, 0.29) is 0 Å². The highest BCUT2D eigenvalue weighted by Gasteiger charge is 2.15. The minimum Gasteiger partial charge on any atom is -0.318 e. The van der Waals surface area contributed by atoms with Crippen molar-refractivity contribution >= 4 is 34.8 Å². The average Bonchev–Trinajstić information content (AvgIpc) is 2.46. The first kappa shape index (κ1) is 15.0. The smallest absolute Gasteiger partial charge is 0.314 e. The standard InChI is InChI=1S/C15H12ClFN2O2/c1-9-12(16)3-2-4-13(9)19-15(21)14(20)18-11-7-5-10(17)6-8-11/h2-8H,1H3,(H,18,20)(H,19,21). The van der Waals surface area contributed by atoms with Crippen LogP contribution in [-0.4, -0.2) is 11.8 Å². The highest BCUT2D eigenvalue weighted by molar-refractivity contribution is 6.44. The van der Waals surface area contributed by atoms with Crippen LogP contribution in [0.4, 0.5) is 15.8 Å². The zero-order valence-electron chi connectivity index (χ0n) is 11.1. The lowest BCUT2D eigenvalue weighted by atomic mass is 10.2. The molecule has 108 valence electrons. The van der Waals surface area contributed by atoms with Crippen LogP contribution >= 0.6 is 11.6 Å². The van der Waals surface area contributed by atoms with E-state index >= 15 is 0 Å². The van der Waals surface area contributed by atoms with Crippen LogP contribution in [0.2, 0.25) is 5.02 Å². The molecule has 0 radical (unpaired) electrons. The van der Waals surface area contributed by atoms with Crippen molar-refractivity contribution in [1.82, 2.24) is 0 Å². The third kappa shape index (κ3) is 3.79. The molecule has 0 heterocycles. The first-order chi connectivity index (χ1) is 9.97. The van der Waals surface area contributed by atoms with Crippen LogP contribution < -0.4 is 10.6 Å². The molecule has 0 aliphatic heterocycles. The molecule has 0 saturated carbocycles. The predicted molar refractivity (Wildman–Crippen MR) is 79.8 cm³/mol. The van der Waals surface area contributed by atoms with E-state index in [1.165, 1.54) is 24.3 Å². The van der Waals surface area contributed by atoms with Crippen molar-refractivity contribution in [2.24, 2.45) is 0 Å². The highest BCUT2D eigenvalue weighted by atomic mass is 35.5. The Morgan fingerprint density at radius 2 is 1.62 bits per heavy atom. The van der Waals surface area contributed by atoms with E-state index in [2.05, 4.69) is 10.6 Å². The maximum atomic E-state index is 12.7. The number of benzene rings is 2. The molecule has 2 aromatic carbocycles. The zero-order chi connectivity index (χ0) is 15.4. The Labute approximate surface area is 125 Å². The molecule has 0 atom stereocenters. The molecule has 2 rings (SSSR count). The molecule has 6 heteroatoms. The van der Waals surface area contributed by atoms with Crippen molar-refractivity contribution in [3.8, 4) is 0 Å². The van der Waals surface area contributed by atoms with E-state index in [9.17, 15) is 14.0 Å². The second-order valence-electron chi connectivity index (χ2n) is 4.33. The monoisotopic (exact) mass is 306 g/mol. The van der Waals surface area contributed by atoms with Gasteiger partial charge in [0.1, 0.15) is 5.82 Å². The topological polar surface area (TPSA) is 58.2 Å². The van der Waals surface area contributed by atoms with Gasteiger partial charge in [-0.15, -0.1) is 0 Å². The number of rotatable bonds is 2. The van der Waals surface area contributed by atoms with Gasteiger partial charge in [0, 0.05) is 16.4 Å². The quantitative estimate of drug-likeness (QED) is 0.836. The van der Waals surface area contributed by atoms with Crippen molar-refractivity contribution in [3.05, 3.63) is 58.9 Å². The number of nitrogens with one attached hydrogen (secondary N) is 2. The van der Waals surface area contributed by atoms with Gasteiger partial charge in [0.25, 0.3) is 0 Å². The Morgan fingerprint density at radius 1 is 1.00 bits per heavy atom. The summed E-state index contributed by atoms with van der Waals surface area (Å²) in [5, 5.41) is 5.34. The van der Waals surface area contributed by atoms with E-state index < -0.39 is 17.6 Å². The van der Waals surface area contributed by atoms with Gasteiger partial charge in [-0.25, -0.2) is 4.39 Å². The number of carbonyl (C=O) groups is 2. The van der Waals surface area contributed by atoms with Crippen LogP contribution in [0.25, 0.3) is 0 Å². The number of carbonyl (C=O) groups excluding carboxylic acids is 2. The van der Waals surface area contributed by atoms with Gasteiger partial charge in [-0.2, -0.15) is 0 Å². The lowest BCUT2D eigenvalue weighted by Crippen LogP contribution is -2.29. The Balaban J connectivity index is 2.04. The van der Waals surface area contributed by atoms with Crippen LogP contribution in [-0.2, 0) is 9.59 Å². The van der Waals surface area contributed by atoms with Crippen LogP contribution in [0.5, 0.6) is 0 Å². The van der Waals surface area contributed by atoms with E-state index in [1.54, 1.807) is 25.1 Å². The average molecular weight is 307 g/mol. The minimum atomic E-state index is -0.846. The fourth-order valence-electron chi connectivity index (χ4n) is 1.64. The van der Waals surface area contributed by atoms with Gasteiger partial charge in [-0.1, -0.05) is 17.7 Å². The van der Waals surface area contributed by atoms with Gasteiger partial charge >= 0.3 is 11.8 Å². The van der Waals surface area contributed by atoms with Crippen molar-refractivity contribution in [1.29, 1.82) is 0 Å². The lowest BCUT2D eigenvalue weighted by Gasteiger charge is -2.09. The molecule has 0 fully saturated rings. The largest absolute Gasteiger partial charge is 0.318 e. The summed E-state index contributed by atoms with van der Waals surface area (Å²) in [6.07, 6.45) is 0. The first-order valence-electron chi connectivity index (χ1n) is 6.10. The number of hydrogen-bond acceptors (Lipinski definition) is 2. The van der Waals surface area contributed by atoms with E-state index in [1.807, 2.05) is 0 Å². The second-order valence-corrected chi connectivity index (χ2v) is 4.73. The first-order valence-corrected chi connectivity index (χ1v) is 6.48. The Bertz CT molecular complexity index is 687. The van der Waals surface area contributed by atoms with Gasteiger partial charge in [0.05, 0.1) is 0 Å². The molecule has 0 aromatic heterocycles. The molecule has 4 nitrogen and oxygen atoms in total. The molecule has 2 N–H and O–H groups in total. The summed E-state index contributed by atoms with van der Waals surface area (Å²) >= 11 is 5.93. The summed E-state index contributed by atoms with van der Waals surface area (Å²) in [5.41, 5.74) is 1.46. The highest BCUT2D eigenvalue weighted by Crippen LogP contribution is 2.22. The molecular formula is C15H12ClFN2O2. The van der Waals surface area contributed by atoms with Crippen molar-refractivity contribution in [3.63, 3.8) is 0 Å². The van der Waals surface area contributed by atoms with Gasteiger partial charge in [0.15, 0.2) is 0 Å². The molecule has 2 amide bonds. The summed E-state index contributed by atoms with van der Waals surface area (Å²) in [7, 11) is 0. The molecule has 2 aromatic rings. The molecule has 0 unspecified atom stereocenters. The lowest BCUT2D eigenvalue weighted by molar-refractivity contribution is -0.133. The number of halogens is 2. The minimum absolute atomic E-state index is 0.333. The molecule has 0 aliphatic rings. The second kappa shape index (κ2) is 6.37. The van der Waals surface area contributed by atoms with Gasteiger partial charge in [-0.3, -0.25) is 9.59 Å². The van der Waals surface area contributed by atoms with Crippen molar-refractivity contribution < 1.29 is 14.0 Å². The van der Waals surface area contributed by atoms with Gasteiger partial charge in [0.2, 0.25) is 0 Å². The Kier molecular flexibility index (Phi) is 4.55.